The maximum atomic E-state index is 13.8. The van der Waals surface area contributed by atoms with E-state index in [1.165, 1.54) is 19.3 Å². The molecule has 6 unspecified atom stereocenters. The van der Waals surface area contributed by atoms with E-state index in [4.69, 9.17) is 44.3 Å². The first-order valence-electron chi connectivity index (χ1n) is 18.4. The van der Waals surface area contributed by atoms with Crippen molar-refractivity contribution in [3.8, 4) is 11.1 Å². The molecule has 3 aliphatic rings. The van der Waals surface area contributed by atoms with Crippen LogP contribution in [0.1, 0.15) is 100 Å². The molecular weight excluding hydrogens is 721 g/mol. The van der Waals surface area contributed by atoms with Crippen LogP contribution in [0.3, 0.4) is 0 Å². The van der Waals surface area contributed by atoms with Crippen molar-refractivity contribution in [3.05, 3.63) is 95.1 Å². The third-order valence-corrected chi connectivity index (χ3v) is 11.1. The van der Waals surface area contributed by atoms with Gasteiger partial charge in [-0.2, -0.15) is 0 Å². The molecule has 52 heavy (non-hydrogen) atoms. The van der Waals surface area contributed by atoms with Gasteiger partial charge in [0, 0.05) is 36.7 Å². The van der Waals surface area contributed by atoms with Crippen molar-refractivity contribution in [1.82, 2.24) is 15.5 Å². The Hall–Kier alpha value is -2.69. The fraction of sp³-hybridized carbons (Fsp3) is 0.512. The molecule has 0 bridgehead atoms. The van der Waals surface area contributed by atoms with Gasteiger partial charge in [0.25, 0.3) is 9.70 Å². The fourth-order valence-corrected chi connectivity index (χ4v) is 8.25. The van der Waals surface area contributed by atoms with Crippen LogP contribution in [0.15, 0.2) is 72.8 Å². The number of carbonyl (C=O) groups is 2. The van der Waals surface area contributed by atoms with Crippen LogP contribution in [0.25, 0.3) is 11.1 Å². The highest BCUT2D eigenvalue weighted by atomic mass is 35.6. The van der Waals surface area contributed by atoms with E-state index < -0.39 is 16.0 Å². The molecule has 0 spiro atoms. The lowest BCUT2D eigenvalue weighted by atomic mass is 9.75. The van der Waals surface area contributed by atoms with Crippen molar-refractivity contribution in [3.63, 3.8) is 0 Å². The quantitative estimate of drug-likeness (QED) is 0.190. The highest BCUT2D eigenvalue weighted by molar-refractivity contribution is 6.76. The second kappa shape index (κ2) is 16.8. The number of rotatable bonds is 9. The van der Waals surface area contributed by atoms with Crippen molar-refractivity contribution in [2.75, 3.05) is 6.54 Å². The molecule has 280 valence electrons. The number of halogens is 3. The molecule has 3 fully saturated rings. The first-order chi connectivity index (χ1) is 24.8. The topological polar surface area (TPSA) is 100 Å². The lowest BCUT2D eigenvalue weighted by Gasteiger charge is -2.50. The largest absolute Gasteiger partial charge is 0.392 e. The van der Waals surface area contributed by atoms with Gasteiger partial charge in [-0.3, -0.25) is 14.5 Å². The van der Waals surface area contributed by atoms with Crippen LogP contribution in [-0.2, 0) is 32.2 Å². The Morgan fingerprint density at radius 3 is 2.25 bits per heavy atom. The van der Waals surface area contributed by atoms with E-state index in [-0.39, 0.29) is 42.8 Å². The summed E-state index contributed by atoms with van der Waals surface area (Å²) in [6.07, 6.45) is 6.23. The average Bonchev–Trinajstić information content (AvgIpc) is 3.13. The van der Waals surface area contributed by atoms with Crippen LogP contribution in [0.2, 0.25) is 0 Å². The van der Waals surface area contributed by atoms with Gasteiger partial charge < -0.3 is 25.2 Å². The van der Waals surface area contributed by atoms with Crippen LogP contribution in [0.5, 0.6) is 0 Å². The second-order valence-corrected chi connectivity index (χ2v) is 17.7. The van der Waals surface area contributed by atoms with Crippen LogP contribution in [-0.4, -0.2) is 55.9 Å². The number of nitrogens with zero attached hydrogens (tertiary/aromatic N) is 1. The Balaban J connectivity index is 1.26. The number of benzene rings is 3. The number of alkyl halides is 3. The molecule has 11 heteroatoms. The Kier molecular flexibility index (Phi) is 12.6. The Morgan fingerprint density at radius 2 is 1.56 bits per heavy atom. The van der Waals surface area contributed by atoms with Crippen LogP contribution < -0.4 is 10.6 Å². The molecule has 0 radical (unpaired) electrons. The predicted molar refractivity (Wildman–Crippen MR) is 206 cm³/mol. The zero-order valence-electron chi connectivity index (χ0n) is 30.1. The van der Waals surface area contributed by atoms with E-state index in [0.29, 0.717) is 24.9 Å². The summed E-state index contributed by atoms with van der Waals surface area (Å²) in [6.45, 7) is 6.92. The van der Waals surface area contributed by atoms with Crippen molar-refractivity contribution in [1.29, 1.82) is 0 Å². The van der Waals surface area contributed by atoms with E-state index in [9.17, 15) is 14.7 Å². The summed E-state index contributed by atoms with van der Waals surface area (Å²) in [4.78, 5) is 28.5. The molecule has 2 heterocycles. The number of fused-ring (bicyclic) bond motifs is 1. The molecule has 1 aliphatic carbocycles. The minimum atomic E-state index is -2.04. The molecular formula is C41H50Cl3N3O5. The average molecular weight is 771 g/mol. The van der Waals surface area contributed by atoms with Gasteiger partial charge in [-0.15, -0.1) is 0 Å². The molecule has 2 amide bonds. The Bertz CT molecular complexity index is 1670. The zero-order valence-corrected chi connectivity index (χ0v) is 32.4. The number of aliphatic hydroxyl groups is 1. The van der Waals surface area contributed by atoms with E-state index in [0.717, 1.165) is 52.6 Å². The number of likely N-dealkylation sites (tertiary alicyclic amines) is 1. The minimum Gasteiger partial charge on any atom is -0.392 e. The first-order valence-corrected chi connectivity index (χ1v) is 19.5. The van der Waals surface area contributed by atoms with Crippen molar-refractivity contribution in [2.24, 2.45) is 5.92 Å². The van der Waals surface area contributed by atoms with Gasteiger partial charge in [0.2, 0.25) is 5.91 Å². The van der Waals surface area contributed by atoms with Gasteiger partial charge in [0.1, 0.15) is 0 Å². The SMILES string of the molecule is CC(C)(C)NC(=O)C1CCC2CCCCC2N1CC1CC(c2ccc(CO)cc2)OC(c2ccc(-c3ccccc3CNC(=O)C(Cl)(Cl)Cl)cc2)O1. The van der Waals surface area contributed by atoms with Gasteiger partial charge in [-0.1, -0.05) is 120 Å². The number of carbonyl (C=O) groups excluding carboxylic acids is 2. The smallest absolute Gasteiger partial charge is 0.272 e. The molecule has 3 aromatic rings. The number of hydrogen-bond acceptors (Lipinski definition) is 6. The normalized spacial score (nSPS) is 25.6. The fourth-order valence-electron chi connectivity index (χ4n) is 8.05. The van der Waals surface area contributed by atoms with Crippen LogP contribution in [0.4, 0.5) is 0 Å². The van der Waals surface area contributed by atoms with Crippen molar-refractivity contribution in [2.45, 2.75) is 119 Å². The summed E-state index contributed by atoms with van der Waals surface area (Å²) in [7, 11) is 0. The van der Waals surface area contributed by atoms with E-state index in [1.54, 1.807) is 0 Å². The maximum Gasteiger partial charge on any atom is 0.272 e. The molecule has 3 N–H and O–H groups in total. The van der Waals surface area contributed by atoms with Crippen LogP contribution >= 0.6 is 34.8 Å². The Morgan fingerprint density at radius 1 is 0.865 bits per heavy atom. The van der Waals surface area contributed by atoms with Gasteiger partial charge in [-0.25, -0.2) is 0 Å². The van der Waals surface area contributed by atoms with Gasteiger partial charge in [0.15, 0.2) is 6.29 Å². The number of nitrogens with one attached hydrogen (secondary N) is 2. The van der Waals surface area contributed by atoms with Crippen LogP contribution in [0, 0.1) is 5.92 Å². The molecule has 2 saturated heterocycles. The summed E-state index contributed by atoms with van der Waals surface area (Å²) in [5, 5.41) is 15.6. The molecule has 2 aliphatic heterocycles. The first kappa shape index (κ1) is 39.0. The monoisotopic (exact) mass is 769 g/mol. The molecule has 6 rings (SSSR count). The lowest BCUT2D eigenvalue weighted by molar-refractivity contribution is -0.255. The molecule has 1 saturated carbocycles. The Labute approximate surface area is 322 Å². The third kappa shape index (κ3) is 9.69. The number of hydrogen-bond donors (Lipinski definition) is 3. The molecule has 6 atom stereocenters. The van der Waals surface area contributed by atoms with E-state index in [2.05, 4.69) is 15.5 Å². The second-order valence-electron chi connectivity index (χ2n) is 15.5. The van der Waals surface area contributed by atoms with Crippen molar-refractivity contribution < 1.29 is 24.2 Å². The third-order valence-electron chi connectivity index (χ3n) is 10.5. The number of amides is 2. The van der Waals surface area contributed by atoms with E-state index >= 15 is 0 Å². The standard InChI is InChI=1S/C41H50Cl3N3O5/c1-40(2,3)46-37(49)35-21-20-28-8-5-7-11-34(28)47(35)24-32-22-36(29-14-12-26(25-48)13-15-29)52-38(51-32)30-18-16-27(17-19-30)33-10-6-4-9-31(33)23-45-39(50)41(42,43)44/h4,6,9-10,12-19,28,32,34-36,38,48H,5,7-8,11,20-25H2,1-3H3,(H,45,50)(H,46,49). The van der Waals surface area contributed by atoms with E-state index in [1.807, 2.05) is 93.6 Å². The minimum absolute atomic E-state index is 0.0234. The lowest BCUT2D eigenvalue weighted by Crippen LogP contribution is -2.61. The number of ether oxygens (including phenoxy) is 2. The van der Waals surface area contributed by atoms with Gasteiger partial charge in [-0.05, 0) is 80.2 Å². The zero-order chi connectivity index (χ0) is 37.0. The molecule has 3 aromatic carbocycles. The van der Waals surface area contributed by atoms with Gasteiger partial charge >= 0.3 is 0 Å². The maximum absolute atomic E-state index is 13.8. The van der Waals surface area contributed by atoms with Crippen molar-refractivity contribution >= 4 is 46.6 Å². The summed E-state index contributed by atoms with van der Waals surface area (Å²) in [5.74, 6) is 0.00377. The summed E-state index contributed by atoms with van der Waals surface area (Å²) in [6, 6.07) is 23.9. The summed E-state index contributed by atoms with van der Waals surface area (Å²) >= 11 is 17.3. The highest BCUT2D eigenvalue weighted by Crippen LogP contribution is 2.42. The summed E-state index contributed by atoms with van der Waals surface area (Å²) in [5.41, 5.74) is 5.20. The number of aliphatic hydroxyl groups excluding tert-OH is 1. The summed E-state index contributed by atoms with van der Waals surface area (Å²) < 4.78 is 11.5. The predicted octanol–water partition coefficient (Wildman–Crippen LogP) is 8.32. The molecule has 8 nitrogen and oxygen atoms in total. The number of piperidine rings is 1. The highest BCUT2D eigenvalue weighted by Gasteiger charge is 2.44. The molecule has 0 aromatic heterocycles. The van der Waals surface area contributed by atoms with Gasteiger partial charge in [0.05, 0.1) is 24.9 Å².